The summed E-state index contributed by atoms with van der Waals surface area (Å²) >= 11 is 1.66. The smallest absolute Gasteiger partial charge is 0.395 e. The fraction of sp³-hybridized carbons (Fsp3) is 0.400. The van der Waals surface area contributed by atoms with E-state index in [1.165, 1.54) is 17.0 Å². The number of thiophene rings is 1. The lowest BCUT2D eigenvalue weighted by molar-refractivity contribution is -0.402. The maximum absolute atomic E-state index is 12.2. The number of nitro groups is 1. The van der Waals surface area contributed by atoms with Gasteiger partial charge in [-0.2, -0.15) is 0 Å². The van der Waals surface area contributed by atoms with Gasteiger partial charge in [-0.15, -0.1) is 11.3 Å². The number of hydrogen-bond donors (Lipinski definition) is 1. The number of hydrogen-bond acceptors (Lipinski definition) is 6. The van der Waals surface area contributed by atoms with E-state index in [4.69, 9.17) is 9.15 Å². The van der Waals surface area contributed by atoms with Gasteiger partial charge in [-0.25, -0.2) is 0 Å². The Morgan fingerprint density at radius 2 is 2.13 bits per heavy atom. The summed E-state index contributed by atoms with van der Waals surface area (Å²) in [5.74, 6) is -0.931. The van der Waals surface area contributed by atoms with E-state index >= 15 is 0 Å². The molecule has 7 nitrogen and oxygen atoms in total. The van der Waals surface area contributed by atoms with E-state index in [2.05, 4.69) is 11.4 Å². The Hall–Kier alpha value is -2.19. The van der Waals surface area contributed by atoms with Crippen molar-refractivity contribution >= 4 is 23.1 Å². The molecule has 2 aromatic rings. The number of carbonyl (C=O) groups excluding carboxylic acids is 1. The van der Waals surface area contributed by atoms with Gasteiger partial charge in [0.1, 0.15) is 4.92 Å². The molecule has 2 aromatic heterocycles. The van der Waals surface area contributed by atoms with Crippen molar-refractivity contribution in [1.29, 1.82) is 0 Å². The molecule has 3 heterocycles. The molecule has 0 aliphatic carbocycles. The highest BCUT2D eigenvalue weighted by atomic mass is 32.1. The molecule has 0 spiro atoms. The van der Waals surface area contributed by atoms with Crippen LogP contribution in [-0.2, 0) is 10.2 Å². The first-order valence-corrected chi connectivity index (χ1v) is 8.13. The number of furan rings is 1. The van der Waals surface area contributed by atoms with Gasteiger partial charge < -0.3 is 14.5 Å². The number of amides is 1. The van der Waals surface area contributed by atoms with Crippen LogP contribution in [0.25, 0.3) is 0 Å². The highest BCUT2D eigenvalue weighted by Gasteiger charge is 2.36. The van der Waals surface area contributed by atoms with Gasteiger partial charge in [-0.3, -0.25) is 14.9 Å². The molecule has 1 aliphatic rings. The summed E-state index contributed by atoms with van der Waals surface area (Å²) in [6, 6.07) is 6.56. The van der Waals surface area contributed by atoms with E-state index < -0.39 is 16.7 Å². The second-order valence-electron chi connectivity index (χ2n) is 5.45. The second-order valence-corrected chi connectivity index (χ2v) is 6.40. The standard InChI is InChI=1S/C15H16N2O5S/c18-14(11-3-4-13(22-11)17(19)20)16-10-15(5-7-21-8-6-15)12-2-1-9-23-12/h1-4,9H,5-8,10H2,(H,16,18). The molecular formula is C15H16N2O5S. The van der Waals surface area contributed by atoms with Crippen molar-refractivity contribution in [3.8, 4) is 0 Å². The number of nitrogens with zero attached hydrogens (tertiary/aromatic N) is 1. The summed E-state index contributed by atoms with van der Waals surface area (Å²) in [5.41, 5.74) is -0.152. The topological polar surface area (TPSA) is 94.6 Å². The number of ether oxygens (including phenoxy) is 1. The summed E-state index contributed by atoms with van der Waals surface area (Å²) in [5, 5.41) is 15.5. The van der Waals surface area contributed by atoms with E-state index in [0.29, 0.717) is 19.8 Å². The second kappa shape index (κ2) is 6.51. The Kier molecular flexibility index (Phi) is 4.44. The van der Waals surface area contributed by atoms with Gasteiger partial charge >= 0.3 is 5.88 Å². The molecule has 0 saturated carbocycles. The predicted octanol–water partition coefficient (Wildman–Crippen LogP) is 2.73. The minimum atomic E-state index is -0.664. The Morgan fingerprint density at radius 3 is 2.74 bits per heavy atom. The van der Waals surface area contributed by atoms with Crippen LogP contribution in [0.2, 0.25) is 0 Å². The summed E-state index contributed by atoms with van der Waals surface area (Å²) < 4.78 is 10.4. The molecule has 1 aliphatic heterocycles. The van der Waals surface area contributed by atoms with Crippen molar-refractivity contribution < 1.29 is 18.9 Å². The molecule has 1 N–H and O–H groups in total. The lowest BCUT2D eigenvalue weighted by Gasteiger charge is -2.36. The third kappa shape index (κ3) is 3.27. The Balaban J connectivity index is 1.71. The van der Waals surface area contributed by atoms with Crippen molar-refractivity contribution in [2.45, 2.75) is 18.3 Å². The fourth-order valence-corrected chi connectivity index (χ4v) is 3.72. The Bertz CT molecular complexity index is 689. The number of carbonyl (C=O) groups is 1. The van der Waals surface area contributed by atoms with Gasteiger partial charge in [0.25, 0.3) is 5.91 Å². The SMILES string of the molecule is O=C(NCC1(c2cccs2)CCOCC1)c1ccc([N+](=O)[O-])o1. The van der Waals surface area contributed by atoms with Crippen molar-refractivity contribution in [3.05, 3.63) is 50.4 Å². The zero-order valence-corrected chi connectivity index (χ0v) is 13.1. The molecule has 1 amide bonds. The van der Waals surface area contributed by atoms with E-state index in [0.717, 1.165) is 12.8 Å². The average molecular weight is 336 g/mol. The normalized spacial score (nSPS) is 16.9. The van der Waals surface area contributed by atoms with Crippen molar-refractivity contribution in [3.63, 3.8) is 0 Å². The van der Waals surface area contributed by atoms with Crippen LogP contribution in [0.1, 0.15) is 28.3 Å². The van der Waals surface area contributed by atoms with Gasteiger partial charge in [0.2, 0.25) is 0 Å². The highest BCUT2D eigenvalue weighted by Crippen LogP contribution is 2.37. The average Bonchev–Trinajstić information content (AvgIpc) is 3.25. The molecule has 0 bridgehead atoms. The van der Waals surface area contributed by atoms with Gasteiger partial charge in [-0.05, 0) is 30.4 Å². The van der Waals surface area contributed by atoms with Gasteiger partial charge in [0, 0.05) is 30.1 Å². The minimum absolute atomic E-state index is 0.0508. The molecule has 8 heteroatoms. The quantitative estimate of drug-likeness (QED) is 0.669. The van der Waals surface area contributed by atoms with Gasteiger partial charge in [0.15, 0.2) is 5.76 Å². The van der Waals surface area contributed by atoms with E-state index in [1.807, 2.05) is 11.4 Å². The molecule has 0 radical (unpaired) electrons. The first kappa shape index (κ1) is 15.7. The third-order valence-electron chi connectivity index (χ3n) is 4.08. The first-order chi connectivity index (χ1) is 11.1. The monoisotopic (exact) mass is 336 g/mol. The minimum Gasteiger partial charge on any atom is -0.395 e. The van der Waals surface area contributed by atoms with Crippen LogP contribution in [0.3, 0.4) is 0 Å². The number of rotatable bonds is 5. The molecule has 0 unspecified atom stereocenters. The van der Waals surface area contributed by atoms with Crippen LogP contribution >= 0.6 is 11.3 Å². The number of nitrogens with one attached hydrogen (secondary N) is 1. The molecule has 1 saturated heterocycles. The maximum atomic E-state index is 12.2. The molecule has 0 atom stereocenters. The van der Waals surface area contributed by atoms with Crippen LogP contribution in [0.15, 0.2) is 34.1 Å². The van der Waals surface area contributed by atoms with Gasteiger partial charge in [-0.1, -0.05) is 6.07 Å². The van der Waals surface area contributed by atoms with Crippen LogP contribution in [-0.4, -0.2) is 30.6 Å². The van der Waals surface area contributed by atoms with Crippen molar-refractivity contribution in [1.82, 2.24) is 5.32 Å². The van der Waals surface area contributed by atoms with Crippen molar-refractivity contribution in [2.75, 3.05) is 19.8 Å². The molecule has 3 rings (SSSR count). The molecular weight excluding hydrogens is 320 g/mol. The maximum Gasteiger partial charge on any atom is 0.433 e. The molecule has 1 fully saturated rings. The molecule has 23 heavy (non-hydrogen) atoms. The zero-order chi connectivity index (χ0) is 16.3. The lowest BCUT2D eigenvalue weighted by Crippen LogP contribution is -2.44. The van der Waals surface area contributed by atoms with Crippen LogP contribution in [0, 0.1) is 10.1 Å². The van der Waals surface area contributed by atoms with Crippen LogP contribution < -0.4 is 5.32 Å². The summed E-state index contributed by atoms with van der Waals surface area (Å²) in [6.45, 7) is 1.75. The zero-order valence-electron chi connectivity index (χ0n) is 12.3. The fourth-order valence-electron chi connectivity index (χ4n) is 2.74. The summed E-state index contributed by atoms with van der Waals surface area (Å²) in [6.07, 6.45) is 1.65. The lowest BCUT2D eigenvalue weighted by atomic mass is 9.78. The molecule has 0 aromatic carbocycles. The third-order valence-corrected chi connectivity index (χ3v) is 5.19. The van der Waals surface area contributed by atoms with E-state index in [-0.39, 0.29) is 11.2 Å². The largest absolute Gasteiger partial charge is 0.433 e. The van der Waals surface area contributed by atoms with E-state index in [9.17, 15) is 14.9 Å². The van der Waals surface area contributed by atoms with Gasteiger partial charge in [0.05, 0.1) is 6.07 Å². The van der Waals surface area contributed by atoms with Crippen LogP contribution in [0.5, 0.6) is 0 Å². The summed E-state index contributed by atoms with van der Waals surface area (Å²) in [7, 11) is 0. The van der Waals surface area contributed by atoms with E-state index in [1.54, 1.807) is 11.3 Å². The Morgan fingerprint density at radius 1 is 1.35 bits per heavy atom. The van der Waals surface area contributed by atoms with Crippen LogP contribution in [0.4, 0.5) is 5.88 Å². The highest BCUT2D eigenvalue weighted by molar-refractivity contribution is 7.10. The Labute approximate surface area is 136 Å². The first-order valence-electron chi connectivity index (χ1n) is 7.25. The van der Waals surface area contributed by atoms with Crippen molar-refractivity contribution in [2.24, 2.45) is 0 Å². The summed E-state index contributed by atoms with van der Waals surface area (Å²) in [4.78, 5) is 23.3. The predicted molar refractivity (Wildman–Crippen MR) is 83.7 cm³/mol. The molecule has 122 valence electrons.